The Morgan fingerprint density at radius 2 is 1.49 bits per heavy atom. The zero-order chi connectivity index (χ0) is 27.6. The molecule has 0 fully saturated rings. The lowest BCUT2D eigenvalue weighted by Gasteiger charge is -2.13. The molecule has 0 saturated heterocycles. The Morgan fingerprint density at radius 1 is 0.897 bits per heavy atom. The van der Waals surface area contributed by atoms with Crippen molar-refractivity contribution in [3.8, 4) is 11.5 Å². The fourth-order valence-corrected chi connectivity index (χ4v) is 3.59. The Bertz CT molecular complexity index is 1430. The summed E-state index contributed by atoms with van der Waals surface area (Å²) >= 11 is 0. The molecule has 1 aliphatic rings. The zero-order valence-electron chi connectivity index (χ0n) is 21.4. The largest absolute Gasteiger partial charge is 0.487 e. The second-order valence-corrected chi connectivity index (χ2v) is 8.23. The molecule has 0 saturated carbocycles. The summed E-state index contributed by atoms with van der Waals surface area (Å²) in [6, 6.07) is 20.8. The summed E-state index contributed by atoms with van der Waals surface area (Å²) in [6.07, 6.45) is 4.88. The third kappa shape index (κ3) is 6.53. The Hall–Kier alpha value is -5.31. The predicted molar refractivity (Wildman–Crippen MR) is 152 cm³/mol. The summed E-state index contributed by atoms with van der Waals surface area (Å²) in [4.78, 5) is 30.9. The second-order valence-electron chi connectivity index (χ2n) is 8.23. The van der Waals surface area contributed by atoms with Crippen LogP contribution in [0.15, 0.2) is 115 Å². The number of hydrazone groups is 1. The highest BCUT2D eigenvalue weighted by molar-refractivity contribution is 6.29. The van der Waals surface area contributed by atoms with E-state index >= 15 is 0 Å². The number of carbonyl (C=O) groups excluding carboxylic acids is 2. The number of nitrogens with one attached hydrogen (secondary N) is 2. The molecule has 9 nitrogen and oxygen atoms in total. The highest BCUT2D eigenvalue weighted by Gasteiger charge is 2.29. The van der Waals surface area contributed by atoms with Crippen LogP contribution in [0.2, 0.25) is 0 Å². The van der Waals surface area contributed by atoms with Crippen LogP contribution in [0, 0.1) is 0 Å². The van der Waals surface area contributed by atoms with Gasteiger partial charge >= 0.3 is 5.97 Å². The second kappa shape index (κ2) is 12.8. The average Bonchev–Trinajstić information content (AvgIpc) is 3.25. The minimum absolute atomic E-state index is 0.289. The minimum Gasteiger partial charge on any atom is -0.487 e. The Kier molecular flexibility index (Phi) is 8.76. The van der Waals surface area contributed by atoms with E-state index in [9.17, 15) is 9.59 Å². The Balaban J connectivity index is 1.40. The van der Waals surface area contributed by atoms with Gasteiger partial charge in [-0.15, -0.1) is 0 Å². The summed E-state index contributed by atoms with van der Waals surface area (Å²) in [5.74, 6) is 0.246. The first-order valence-electron chi connectivity index (χ1n) is 12.1. The molecule has 0 unspecified atom stereocenters. The van der Waals surface area contributed by atoms with E-state index < -0.39 is 5.97 Å². The molecule has 0 spiro atoms. The van der Waals surface area contributed by atoms with Crippen LogP contribution >= 0.6 is 0 Å². The maximum Gasteiger partial charge on any atom is 0.362 e. The van der Waals surface area contributed by atoms with Gasteiger partial charge in [0.1, 0.15) is 30.4 Å². The number of ether oxygens (including phenoxy) is 2. The van der Waals surface area contributed by atoms with Gasteiger partial charge in [0.25, 0.3) is 5.91 Å². The van der Waals surface area contributed by atoms with Crippen molar-refractivity contribution in [2.75, 3.05) is 29.0 Å². The van der Waals surface area contributed by atoms with Gasteiger partial charge in [-0.25, -0.2) is 10.3 Å². The Labute approximate surface area is 226 Å². The Morgan fingerprint density at radius 3 is 2.13 bits per heavy atom. The van der Waals surface area contributed by atoms with Gasteiger partial charge in [0, 0.05) is 6.20 Å². The first kappa shape index (κ1) is 26.7. The molecule has 0 aromatic heterocycles. The molecule has 0 atom stereocenters. The van der Waals surface area contributed by atoms with Gasteiger partial charge < -0.3 is 19.6 Å². The van der Waals surface area contributed by atoms with E-state index in [2.05, 4.69) is 29.1 Å². The normalized spacial score (nSPS) is 13.5. The lowest BCUT2D eigenvalue weighted by molar-refractivity contribution is -0.114. The number of rotatable bonds is 12. The number of anilines is 3. The zero-order valence-corrected chi connectivity index (χ0v) is 21.4. The summed E-state index contributed by atoms with van der Waals surface area (Å²) < 4.78 is 11.2. The smallest absolute Gasteiger partial charge is 0.362 e. The maximum absolute atomic E-state index is 13.1. The topological polar surface area (TPSA) is 101 Å². The molecule has 3 aromatic carbocycles. The van der Waals surface area contributed by atoms with Crippen LogP contribution in [-0.2, 0) is 9.63 Å². The van der Waals surface area contributed by atoms with E-state index in [4.69, 9.17) is 14.3 Å². The third-order valence-electron chi connectivity index (χ3n) is 5.52. The van der Waals surface area contributed by atoms with Crippen LogP contribution in [0.25, 0.3) is 0 Å². The van der Waals surface area contributed by atoms with Crippen LogP contribution in [-0.4, -0.2) is 30.8 Å². The lowest BCUT2D eigenvalue weighted by Crippen LogP contribution is -2.22. The molecular weight excluding hydrogens is 496 g/mol. The molecule has 3 aromatic rings. The van der Waals surface area contributed by atoms with Crippen LogP contribution < -0.4 is 25.3 Å². The first-order chi connectivity index (χ1) is 19.0. The molecule has 0 aliphatic carbocycles. The van der Waals surface area contributed by atoms with Crippen LogP contribution in [0.4, 0.5) is 17.1 Å². The third-order valence-corrected chi connectivity index (χ3v) is 5.52. The van der Waals surface area contributed by atoms with Crippen molar-refractivity contribution in [1.29, 1.82) is 0 Å². The summed E-state index contributed by atoms with van der Waals surface area (Å²) in [6.45, 7) is 9.71. The predicted octanol–water partition coefficient (Wildman–Crippen LogP) is 5.72. The molecule has 198 valence electrons. The van der Waals surface area contributed by atoms with Gasteiger partial charge in [-0.1, -0.05) is 49.6 Å². The fraction of sp³-hybridized carbons (Fsp3) is 0.100. The number of hydrogen-bond donors (Lipinski definition) is 2. The van der Waals surface area contributed by atoms with Crippen LogP contribution in [0.3, 0.4) is 0 Å². The monoisotopic (exact) mass is 524 g/mol. The molecule has 1 heterocycles. The van der Waals surface area contributed by atoms with Crippen molar-refractivity contribution in [1.82, 2.24) is 0 Å². The maximum atomic E-state index is 13.1. The van der Waals surface area contributed by atoms with Gasteiger partial charge in [0.05, 0.1) is 28.2 Å². The van der Waals surface area contributed by atoms with Gasteiger partial charge in [0.2, 0.25) is 0 Å². The number of nitrogens with zero attached hydrogens (tertiary/aromatic N) is 2. The number of benzene rings is 3. The molecule has 4 rings (SSSR count). The minimum atomic E-state index is -0.602. The van der Waals surface area contributed by atoms with E-state index in [0.29, 0.717) is 53.1 Å². The molecule has 2 N–H and O–H groups in total. The summed E-state index contributed by atoms with van der Waals surface area (Å²) in [5.41, 5.74) is 5.57. The van der Waals surface area contributed by atoms with E-state index in [-0.39, 0.29) is 11.5 Å². The molecule has 1 amide bonds. The highest BCUT2D eigenvalue weighted by Crippen LogP contribution is 2.28. The van der Waals surface area contributed by atoms with E-state index in [1.807, 2.05) is 30.3 Å². The van der Waals surface area contributed by atoms with Gasteiger partial charge in [-0.2, -0.15) is 10.1 Å². The molecule has 0 radical (unpaired) electrons. The summed E-state index contributed by atoms with van der Waals surface area (Å²) in [7, 11) is 0. The van der Waals surface area contributed by atoms with Gasteiger partial charge in [0.15, 0.2) is 0 Å². The van der Waals surface area contributed by atoms with Crippen molar-refractivity contribution in [2.24, 2.45) is 5.10 Å². The van der Waals surface area contributed by atoms with Gasteiger partial charge in [-0.05, 0) is 55.5 Å². The van der Waals surface area contributed by atoms with E-state index in [1.165, 1.54) is 5.01 Å². The molecule has 9 heteroatoms. The summed E-state index contributed by atoms with van der Waals surface area (Å²) in [5, 5.41) is 8.80. The van der Waals surface area contributed by atoms with Crippen molar-refractivity contribution in [2.45, 2.75) is 6.92 Å². The van der Waals surface area contributed by atoms with Crippen LogP contribution in [0.5, 0.6) is 11.5 Å². The standard InChI is InChI=1S/C30H28N4O5/c1-4-18-37-27-12-8-6-10-25(27)31-20-24-21(3)32-34(29(24)35)23-16-14-22(15-17-23)30(36)39-33-26-11-7-9-13-28(26)38-19-5-2/h4-17,20,31,33H,1-2,18-19H2,3H3. The van der Waals surface area contributed by atoms with E-state index in [1.54, 1.807) is 67.7 Å². The van der Waals surface area contributed by atoms with Crippen molar-refractivity contribution >= 4 is 34.7 Å². The fourth-order valence-electron chi connectivity index (χ4n) is 3.59. The van der Waals surface area contributed by atoms with Crippen LogP contribution in [0.1, 0.15) is 17.3 Å². The van der Waals surface area contributed by atoms with Crippen molar-refractivity contribution in [3.63, 3.8) is 0 Å². The van der Waals surface area contributed by atoms with E-state index in [0.717, 1.165) is 0 Å². The van der Waals surface area contributed by atoms with Crippen molar-refractivity contribution in [3.05, 3.63) is 115 Å². The SMILES string of the molecule is C=CCOc1ccccc1NC=C1C(=O)N(c2ccc(C(=O)ONc3ccccc3OCC=C)cc2)N=C1C. The van der Waals surface area contributed by atoms with Gasteiger partial charge in [-0.3, -0.25) is 4.79 Å². The lowest BCUT2D eigenvalue weighted by atomic mass is 10.1. The molecule has 39 heavy (non-hydrogen) atoms. The number of para-hydroxylation sites is 4. The first-order valence-corrected chi connectivity index (χ1v) is 12.1. The number of amides is 1. The molecular formula is C30H28N4O5. The van der Waals surface area contributed by atoms with Crippen molar-refractivity contribution < 1.29 is 23.9 Å². The average molecular weight is 525 g/mol. The number of carbonyl (C=O) groups is 2. The highest BCUT2D eigenvalue weighted by atomic mass is 16.7. The molecule has 0 bridgehead atoms. The quantitative estimate of drug-likeness (QED) is 0.178. The number of hydrogen-bond acceptors (Lipinski definition) is 8. The molecule has 1 aliphatic heterocycles.